The van der Waals surface area contributed by atoms with Crippen molar-refractivity contribution in [3.8, 4) is 0 Å². The molecule has 0 N–H and O–H groups in total. The van der Waals surface area contributed by atoms with E-state index in [1.807, 2.05) is 36.4 Å². The number of hydrogen-bond donors (Lipinski definition) is 0. The summed E-state index contributed by atoms with van der Waals surface area (Å²) < 4.78 is 0. The molecule has 2 heteroatoms. The van der Waals surface area contributed by atoms with Gasteiger partial charge >= 0.3 is 0 Å². The number of nitrogens with zero attached hydrogens (tertiary/aromatic N) is 1. The molecule has 2 aliphatic rings. The molecule has 1 fully saturated rings. The maximum Gasteiger partial charge on any atom is 0.160 e. The average molecular weight is 275 g/mol. The summed E-state index contributed by atoms with van der Waals surface area (Å²) in [6, 6.07) is 20.4. The van der Waals surface area contributed by atoms with Gasteiger partial charge in [-0.1, -0.05) is 48.6 Å². The highest BCUT2D eigenvalue weighted by atomic mass is 16.1. The third-order valence-electron chi connectivity index (χ3n) is 4.58. The molecule has 0 spiro atoms. The number of hydrogen-bond acceptors (Lipinski definition) is 2. The van der Waals surface area contributed by atoms with E-state index in [9.17, 15) is 4.79 Å². The van der Waals surface area contributed by atoms with Crippen LogP contribution in [-0.4, -0.2) is 11.8 Å². The number of Topliss-reactive ketones (excluding diaryl/α,β-unsaturated/α-hetero) is 1. The fraction of sp³-hybridized carbons (Fsp3) is 0.211. The lowest BCUT2D eigenvalue weighted by Gasteiger charge is -2.46. The van der Waals surface area contributed by atoms with Crippen LogP contribution in [0.4, 0.5) is 11.4 Å². The molecule has 0 bridgehead atoms. The number of benzene rings is 2. The van der Waals surface area contributed by atoms with Gasteiger partial charge in [0.1, 0.15) is 0 Å². The van der Waals surface area contributed by atoms with Crippen LogP contribution in [0.2, 0.25) is 0 Å². The Bertz CT molecular complexity index is 638. The Kier molecular flexibility index (Phi) is 2.88. The van der Waals surface area contributed by atoms with Crippen molar-refractivity contribution in [1.82, 2.24) is 0 Å². The zero-order chi connectivity index (χ0) is 14.2. The van der Waals surface area contributed by atoms with Crippen molar-refractivity contribution >= 4 is 17.2 Å². The molecule has 0 saturated heterocycles. The standard InChI is InChI=1S/C19H17NO/c21-19-17-13-7-12-16(17)18(19)20(14-8-3-1-4-9-14)15-10-5-2-6-11-15/h1-12,16-18H,13H2/t16-,17+,18-/m0/s1. The molecule has 0 unspecified atom stereocenters. The smallest absolute Gasteiger partial charge is 0.160 e. The number of carbonyl (C=O) groups excluding carboxylic acids is 1. The van der Waals surface area contributed by atoms with E-state index in [2.05, 4.69) is 41.3 Å². The van der Waals surface area contributed by atoms with Crippen molar-refractivity contribution in [2.75, 3.05) is 4.90 Å². The second-order valence-electron chi connectivity index (χ2n) is 5.74. The van der Waals surface area contributed by atoms with Crippen LogP contribution in [0.5, 0.6) is 0 Å². The zero-order valence-corrected chi connectivity index (χ0v) is 11.7. The van der Waals surface area contributed by atoms with Crippen molar-refractivity contribution in [2.24, 2.45) is 11.8 Å². The highest BCUT2D eigenvalue weighted by molar-refractivity contribution is 5.99. The quantitative estimate of drug-likeness (QED) is 0.790. The Hall–Kier alpha value is -2.35. The van der Waals surface area contributed by atoms with Gasteiger partial charge < -0.3 is 4.90 Å². The molecule has 0 radical (unpaired) electrons. The van der Waals surface area contributed by atoms with Crippen LogP contribution in [0, 0.1) is 11.8 Å². The maximum absolute atomic E-state index is 12.5. The van der Waals surface area contributed by atoms with E-state index < -0.39 is 0 Å². The zero-order valence-electron chi connectivity index (χ0n) is 11.7. The van der Waals surface area contributed by atoms with Crippen molar-refractivity contribution in [2.45, 2.75) is 12.5 Å². The first kappa shape index (κ1) is 12.4. The molecule has 0 amide bonds. The molecule has 2 nitrogen and oxygen atoms in total. The van der Waals surface area contributed by atoms with Gasteiger partial charge in [-0.3, -0.25) is 4.79 Å². The number of carbonyl (C=O) groups is 1. The molecule has 4 rings (SSSR count). The molecule has 0 aliphatic heterocycles. The van der Waals surface area contributed by atoms with Crippen molar-refractivity contribution < 1.29 is 4.79 Å². The summed E-state index contributed by atoms with van der Waals surface area (Å²) in [5, 5.41) is 0. The Morgan fingerprint density at radius 1 is 0.857 bits per heavy atom. The SMILES string of the molecule is O=C1[C@@H](N(c2ccccc2)c2ccccc2)[C@H]2C=CC[C@@H]12. The first-order valence-corrected chi connectivity index (χ1v) is 7.46. The van der Waals surface area contributed by atoms with E-state index in [4.69, 9.17) is 0 Å². The second kappa shape index (κ2) is 4.88. The molecular weight excluding hydrogens is 258 g/mol. The molecule has 3 atom stereocenters. The summed E-state index contributed by atoms with van der Waals surface area (Å²) in [7, 11) is 0. The van der Waals surface area contributed by atoms with Crippen molar-refractivity contribution in [3.63, 3.8) is 0 Å². The molecule has 0 heterocycles. The summed E-state index contributed by atoms with van der Waals surface area (Å²) in [5.41, 5.74) is 2.17. The summed E-state index contributed by atoms with van der Waals surface area (Å²) in [4.78, 5) is 14.7. The highest BCUT2D eigenvalue weighted by Gasteiger charge is 2.52. The van der Waals surface area contributed by atoms with E-state index >= 15 is 0 Å². The lowest BCUT2D eigenvalue weighted by molar-refractivity contribution is -0.133. The highest BCUT2D eigenvalue weighted by Crippen LogP contribution is 2.46. The molecule has 2 aromatic rings. The lowest BCUT2D eigenvalue weighted by atomic mass is 9.69. The number of anilines is 2. The number of para-hydroxylation sites is 2. The van der Waals surface area contributed by atoms with E-state index in [-0.39, 0.29) is 12.0 Å². The maximum atomic E-state index is 12.5. The summed E-state index contributed by atoms with van der Waals surface area (Å²) in [6.07, 6.45) is 5.29. The molecular formula is C19H17NO. The predicted octanol–water partition coefficient (Wildman–Crippen LogP) is 3.97. The number of allylic oxidation sites excluding steroid dienone is 1. The Labute approximate surface area is 124 Å². The van der Waals surface area contributed by atoms with E-state index in [0.717, 1.165) is 17.8 Å². The molecule has 21 heavy (non-hydrogen) atoms. The first-order valence-electron chi connectivity index (χ1n) is 7.46. The largest absolute Gasteiger partial charge is 0.330 e. The average Bonchev–Trinajstić information content (AvgIpc) is 2.98. The van der Waals surface area contributed by atoms with Gasteiger partial charge in [0.15, 0.2) is 5.78 Å². The Balaban J connectivity index is 1.78. The Morgan fingerprint density at radius 2 is 1.43 bits per heavy atom. The summed E-state index contributed by atoms with van der Waals surface area (Å²) >= 11 is 0. The molecule has 1 saturated carbocycles. The first-order chi connectivity index (χ1) is 10.4. The fourth-order valence-corrected chi connectivity index (χ4v) is 3.54. The normalized spacial score (nSPS) is 26.3. The fourth-order valence-electron chi connectivity index (χ4n) is 3.54. The van der Waals surface area contributed by atoms with Crippen LogP contribution >= 0.6 is 0 Å². The van der Waals surface area contributed by atoms with Crippen LogP contribution in [-0.2, 0) is 4.79 Å². The van der Waals surface area contributed by atoms with Crippen LogP contribution in [0.1, 0.15) is 6.42 Å². The van der Waals surface area contributed by atoms with Gasteiger partial charge in [0.2, 0.25) is 0 Å². The van der Waals surface area contributed by atoms with Crippen LogP contribution < -0.4 is 4.90 Å². The minimum atomic E-state index is -0.0569. The van der Waals surface area contributed by atoms with Gasteiger partial charge in [0.25, 0.3) is 0 Å². The lowest BCUT2D eigenvalue weighted by Crippen LogP contribution is -2.57. The van der Waals surface area contributed by atoms with Gasteiger partial charge in [0.05, 0.1) is 6.04 Å². The molecule has 2 aliphatic carbocycles. The molecule has 0 aromatic heterocycles. The minimum absolute atomic E-state index is 0.0569. The topological polar surface area (TPSA) is 20.3 Å². The number of ketones is 1. The predicted molar refractivity (Wildman–Crippen MR) is 84.6 cm³/mol. The van der Waals surface area contributed by atoms with Crippen LogP contribution in [0.3, 0.4) is 0 Å². The van der Waals surface area contributed by atoms with E-state index in [0.29, 0.717) is 11.7 Å². The van der Waals surface area contributed by atoms with Gasteiger partial charge in [-0.15, -0.1) is 0 Å². The van der Waals surface area contributed by atoms with Crippen LogP contribution in [0.15, 0.2) is 72.8 Å². The van der Waals surface area contributed by atoms with Gasteiger partial charge in [-0.05, 0) is 30.7 Å². The third kappa shape index (κ3) is 1.90. The second-order valence-corrected chi connectivity index (χ2v) is 5.74. The third-order valence-corrected chi connectivity index (χ3v) is 4.58. The summed E-state index contributed by atoms with van der Waals surface area (Å²) in [6.45, 7) is 0. The van der Waals surface area contributed by atoms with Crippen LogP contribution in [0.25, 0.3) is 0 Å². The minimum Gasteiger partial charge on any atom is -0.330 e. The molecule has 104 valence electrons. The number of fused-ring (bicyclic) bond motifs is 1. The number of rotatable bonds is 3. The van der Waals surface area contributed by atoms with E-state index in [1.165, 1.54) is 0 Å². The Morgan fingerprint density at radius 3 is 2.00 bits per heavy atom. The molecule has 2 aromatic carbocycles. The van der Waals surface area contributed by atoms with Gasteiger partial charge in [-0.2, -0.15) is 0 Å². The van der Waals surface area contributed by atoms with E-state index in [1.54, 1.807) is 0 Å². The van der Waals surface area contributed by atoms with Crippen molar-refractivity contribution in [3.05, 3.63) is 72.8 Å². The van der Waals surface area contributed by atoms with Crippen molar-refractivity contribution in [1.29, 1.82) is 0 Å². The summed E-state index contributed by atoms with van der Waals surface area (Å²) in [5.74, 6) is 0.945. The monoisotopic (exact) mass is 275 g/mol. The van der Waals surface area contributed by atoms with Gasteiger partial charge in [0, 0.05) is 23.2 Å². The van der Waals surface area contributed by atoms with Gasteiger partial charge in [-0.25, -0.2) is 0 Å².